The Kier molecular flexibility index (Phi) is 2.95. The second-order valence-electron chi connectivity index (χ2n) is 4.51. The van der Waals surface area contributed by atoms with E-state index in [0.29, 0.717) is 11.4 Å². The molecule has 0 amide bonds. The summed E-state index contributed by atoms with van der Waals surface area (Å²) in [4.78, 5) is 15.4. The van der Waals surface area contributed by atoms with Crippen molar-refractivity contribution in [1.29, 1.82) is 0 Å². The van der Waals surface area contributed by atoms with Gasteiger partial charge in [0.1, 0.15) is 5.75 Å². The van der Waals surface area contributed by atoms with Gasteiger partial charge in [0, 0.05) is 17.3 Å². The van der Waals surface area contributed by atoms with Crippen LogP contribution in [0.25, 0.3) is 17.0 Å². The summed E-state index contributed by atoms with van der Waals surface area (Å²) in [6.45, 7) is 1.91. The zero-order valence-electron chi connectivity index (χ0n) is 11.2. The monoisotopic (exact) mass is 267 g/mol. The minimum absolute atomic E-state index is 0.581. The summed E-state index contributed by atoms with van der Waals surface area (Å²) >= 11 is 0. The number of nitrogens with zero attached hydrogens (tertiary/aromatic N) is 3. The van der Waals surface area contributed by atoms with Crippen LogP contribution in [0.1, 0.15) is 15.9 Å². The summed E-state index contributed by atoms with van der Waals surface area (Å²) in [5, 5.41) is 4.42. The van der Waals surface area contributed by atoms with Crippen LogP contribution in [0.4, 0.5) is 0 Å². The number of benzene rings is 1. The number of hydrogen-bond donors (Lipinski definition) is 0. The fourth-order valence-electron chi connectivity index (χ4n) is 2.12. The molecule has 0 atom stereocenters. The van der Waals surface area contributed by atoms with Gasteiger partial charge >= 0.3 is 0 Å². The number of ether oxygens (including phenoxy) is 1. The summed E-state index contributed by atoms with van der Waals surface area (Å²) in [6, 6.07) is 9.36. The van der Waals surface area contributed by atoms with Gasteiger partial charge < -0.3 is 4.74 Å². The Balaban J connectivity index is 2.17. The van der Waals surface area contributed by atoms with Crippen LogP contribution in [0.15, 0.2) is 36.5 Å². The van der Waals surface area contributed by atoms with Crippen molar-refractivity contribution in [1.82, 2.24) is 14.6 Å². The van der Waals surface area contributed by atoms with Gasteiger partial charge in [-0.05, 0) is 30.7 Å². The molecule has 3 aromatic rings. The van der Waals surface area contributed by atoms with Gasteiger partial charge in [0.15, 0.2) is 17.8 Å². The molecular weight excluding hydrogens is 254 g/mol. The molecule has 0 unspecified atom stereocenters. The van der Waals surface area contributed by atoms with E-state index in [1.807, 2.05) is 31.2 Å². The molecule has 5 nitrogen and oxygen atoms in total. The first-order valence-corrected chi connectivity index (χ1v) is 6.18. The number of fused-ring (bicyclic) bond motifs is 1. The second-order valence-corrected chi connectivity index (χ2v) is 4.51. The number of carbonyl (C=O) groups is 1. The highest BCUT2D eigenvalue weighted by Gasteiger charge is 2.10. The normalized spacial score (nSPS) is 10.7. The fourth-order valence-corrected chi connectivity index (χ4v) is 2.12. The van der Waals surface area contributed by atoms with Crippen molar-refractivity contribution in [3.63, 3.8) is 0 Å². The lowest BCUT2D eigenvalue weighted by Gasteiger charge is -2.00. The first kappa shape index (κ1) is 12.3. The molecule has 0 fully saturated rings. The molecule has 3 rings (SSSR count). The molecule has 100 valence electrons. The molecule has 5 heteroatoms. The predicted molar refractivity (Wildman–Crippen MR) is 75.1 cm³/mol. The number of carbonyl (C=O) groups excluding carboxylic acids is 1. The number of aldehydes is 1. The van der Waals surface area contributed by atoms with E-state index in [1.165, 1.54) is 0 Å². The predicted octanol–water partition coefficient (Wildman–Crippen LogP) is 2.53. The van der Waals surface area contributed by atoms with Crippen molar-refractivity contribution in [3.05, 3.63) is 47.7 Å². The van der Waals surface area contributed by atoms with Crippen LogP contribution in [0.5, 0.6) is 5.75 Å². The molecule has 0 saturated heterocycles. The molecule has 2 heterocycles. The summed E-state index contributed by atoms with van der Waals surface area (Å²) in [6.07, 6.45) is 2.48. The van der Waals surface area contributed by atoms with E-state index in [2.05, 4.69) is 10.1 Å². The van der Waals surface area contributed by atoms with Gasteiger partial charge in [0.25, 0.3) is 0 Å². The zero-order valence-corrected chi connectivity index (χ0v) is 11.2. The maximum absolute atomic E-state index is 10.9. The third-order valence-corrected chi connectivity index (χ3v) is 3.10. The van der Waals surface area contributed by atoms with Crippen molar-refractivity contribution >= 4 is 11.9 Å². The molecule has 0 aliphatic carbocycles. The van der Waals surface area contributed by atoms with Crippen LogP contribution < -0.4 is 4.74 Å². The van der Waals surface area contributed by atoms with E-state index in [0.717, 1.165) is 28.8 Å². The standard InChI is InChI=1S/C15H13N3O2/c1-10-6-11(9-19)8-18-15(10)16-14(17-18)12-4-3-5-13(7-12)20-2/h3-9H,1-2H3. The summed E-state index contributed by atoms with van der Waals surface area (Å²) < 4.78 is 6.83. The van der Waals surface area contributed by atoms with Crippen LogP contribution >= 0.6 is 0 Å². The van der Waals surface area contributed by atoms with E-state index >= 15 is 0 Å². The average molecular weight is 267 g/mol. The van der Waals surface area contributed by atoms with Crippen LogP contribution in [0.3, 0.4) is 0 Å². The Morgan fingerprint density at radius 3 is 2.90 bits per heavy atom. The van der Waals surface area contributed by atoms with E-state index in [9.17, 15) is 4.79 Å². The molecule has 0 bridgehead atoms. The number of hydrogen-bond acceptors (Lipinski definition) is 4. The van der Waals surface area contributed by atoms with Gasteiger partial charge in [-0.15, -0.1) is 5.10 Å². The molecule has 0 spiro atoms. The van der Waals surface area contributed by atoms with E-state index < -0.39 is 0 Å². The summed E-state index contributed by atoms with van der Waals surface area (Å²) in [5.74, 6) is 1.36. The van der Waals surface area contributed by atoms with E-state index in [1.54, 1.807) is 23.9 Å². The van der Waals surface area contributed by atoms with Crippen molar-refractivity contribution < 1.29 is 9.53 Å². The molecule has 2 aromatic heterocycles. The Morgan fingerprint density at radius 1 is 1.30 bits per heavy atom. The van der Waals surface area contributed by atoms with Crippen LogP contribution in [-0.2, 0) is 0 Å². The minimum atomic E-state index is 0.581. The van der Waals surface area contributed by atoms with Crippen LogP contribution in [0.2, 0.25) is 0 Å². The third-order valence-electron chi connectivity index (χ3n) is 3.10. The van der Waals surface area contributed by atoms with E-state index in [4.69, 9.17) is 4.74 Å². The lowest BCUT2D eigenvalue weighted by Crippen LogP contribution is -1.93. The Bertz CT molecular complexity index is 793. The Morgan fingerprint density at radius 2 is 2.15 bits per heavy atom. The second kappa shape index (κ2) is 4.77. The highest BCUT2D eigenvalue weighted by Crippen LogP contribution is 2.22. The average Bonchev–Trinajstić information content (AvgIpc) is 2.92. The smallest absolute Gasteiger partial charge is 0.182 e. The third kappa shape index (κ3) is 2.03. The van der Waals surface area contributed by atoms with Gasteiger partial charge in [0.05, 0.1) is 7.11 Å². The molecule has 0 saturated carbocycles. The first-order chi connectivity index (χ1) is 9.71. The van der Waals surface area contributed by atoms with Gasteiger partial charge in [-0.25, -0.2) is 9.50 Å². The maximum Gasteiger partial charge on any atom is 0.182 e. The van der Waals surface area contributed by atoms with Crippen molar-refractivity contribution in [3.8, 4) is 17.1 Å². The fraction of sp³-hybridized carbons (Fsp3) is 0.133. The number of aryl methyl sites for hydroxylation is 1. The number of aromatic nitrogens is 3. The zero-order chi connectivity index (χ0) is 14.1. The highest BCUT2D eigenvalue weighted by molar-refractivity contribution is 5.76. The molecule has 1 aromatic carbocycles. The number of rotatable bonds is 3. The number of methoxy groups -OCH3 is 1. The highest BCUT2D eigenvalue weighted by atomic mass is 16.5. The van der Waals surface area contributed by atoms with Crippen molar-refractivity contribution in [2.24, 2.45) is 0 Å². The molecule has 20 heavy (non-hydrogen) atoms. The van der Waals surface area contributed by atoms with Crippen molar-refractivity contribution in [2.75, 3.05) is 7.11 Å². The first-order valence-electron chi connectivity index (χ1n) is 6.18. The van der Waals surface area contributed by atoms with Crippen molar-refractivity contribution in [2.45, 2.75) is 6.92 Å². The molecule has 0 aliphatic heterocycles. The SMILES string of the molecule is COc1cccc(-c2nc3c(C)cc(C=O)cn3n2)c1. The topological polar surface area (TPSA) is 56.5 Å². The lowest BCUT2D eigenvalue weighted by atomic mass is 10.2. The summed E-state index contributed by atoms with van der Waals surface area (Å²) in [5.41, 5.74) is 3.11. The quantitative estimate of drug-likeness (QED) is 0.684. The van der Waals surface area contributed by atoms with Gasteiger partial charge in [-0.3, -0.25) is 4.79 Å². The molecular formula is C15H13N3O2. The molecule has 0 N–H and O–H groups in total. The molecule has 0 radical (unpaired) electrons. The Labute approximate surface area is 115 Å². The van der Waals surface area contributed by atoms with Gasteiger partial charge in [-0.2, -0.15) is 0 Å². The van der Waals surface area contributed by atoms with Crippen LogP contribution in [0, 0.1) is 6.92 Å². The van der Waals surface area contributed by atoms with Gasteiger partial charge in [0.2, 0.25) is 0 Å². The summed E-state index contributed by atoms with van der Waals surface area (Å²) in [7, 11) is 1.62. The Hall–Kier alpha value is -2.69. The van der Waals surface area contributed by atoms with Gasteiger partial charge in [-0.1, -0.05) is 12.1 Å². The maximum atomic E-state index is 10.9. The van der Waals surface area contributed by atoms with Crippen LogP contribution in [-0.4, -0.2) is 28.0 Å². The lowest BCUT2D eigenvalue weighted by molar-refractivity contribution is 0.112. The molecule has 0 aliphatic rings. The largest absolute Gasteiger partial charge is 0.497 e. The van der Waals surface area contributed by atoms with E-state index in [-0.39, 0.29) is 0 Å². The minimum Gasteiger partial charge on any atom is -0.497 e. The number of pyridine rings is 1.